The maximum absolute atomic E-state index is 14.0. The number of carbonyl (C=O) groups excluding carboxylic acids is 1. The molecule has 0 spiro atoms. The molecule has 2 aromatic carbocycles. The van der Waals surface area contributed by atoms with E-state index in [4.69, 9.17) is 32.7 Å². The van der Waals surface area contributed by atoms with Gasteiger partial charge in [-0.2, -0.15) is 0 Å². The van der Waals surface area contributed by atoms with Crippen molar-refractivity contribution in [2.45, 2.75) is 56.7 Å². The van der Waals surface area contributed by atoms with Crippen LogP contribution in [0.4, 0.5) is 5.69 Å². The van der Waals surface area contributed by atoms with Crippen LogP contribution >= 0.6 is 23.2 Å². The molecular weight excluding hydrogens is 521 g/mol. The van der Waals surface area contributed by atoms with Crippen LogP contribution in [0.1, 0.15) is 46.6 Å². The molecule has 0 N–H and O–H groups in total. The van der Waals surface area contributed by atoms with Crippen LogP contribution in [0.3, 0.4) is 0 Å². The first-order valence-electron chi connectivity index (χ1n) is 12.0. The van der Waals surface area contributed by atoms with E-state index in [0.717, 1.165) is 0 Å². The average molecular weight is 557 g/mol. The van der Waals surface area contributed by atoms with Gasteiger partial charge in [0.1, 0.15) is 4.75 Å². The third kappa shape index (κ3) is 5.60. The summed E-state index contributed by atoms with van der Waals surface area (Å²) in [5.74, 6) is -0.319. The number of hydrogen-bond donors (Lipinski definition) is 0. The van der Waals surface area contributed by atoms with E-state index >= 15 is 0 Å². The summed E-state index contributed by atoms with van der Waals surface area (Å²) in [6.45, 7) is 10.5. The fourth-order valence-corrected chi connectivity index (χ4v) is 7.16. The van der Waals surface area contributed by atoms with E-state index in [1.807, 2.05) is 34.6 Å². The second-order valence-electron chi connectivity index (χ2n) is 10.5. The van der Waals surface area contributed by atoms with E-state index in [9.17, 15) is 13.2 Å². The van der Waals surface area contributed by atoms with Crippen LogP contribution in [-0.4, -0.2) is 47.3 Å². The van der Waals surface area contributed by atoms with Crippen LogP contribution in [-0.2, 0) is 28.9 Å². The van der Waals surface area contributed by atoms with Gasteiger partial charge in [0.25, 0.3) is 0 Å². The highest BCUT2D eigenvalue weighted by molar-refractivity contribution is 7.92. The van der Waals surface area contributed by atoms with Gasteiger partial charge in [-0.05, 0) is 62.2 Å². The minimum Gasteiger partial charge on any atom is -0.382 e. The monoisotopic (exact) mass is 555 g/mol. The van der Waals surface area contributed by atoms with Crippen molar-refractivity contribution in [1.82, 2.24) is 0 Å². The standard InChI is InChI=1S/C27H35Cl2NO5S/c1-18(2)30(25(31)26(3,4)5)24-12-7-19(15-23(24)29)27(16-20(27)17-35-14-13-34-6)36(32,33)22-10-8-21(28)9-11-22/h7-12,15,18,20H,13-14,16-17H2,1-6H3. The summed E-state index contributed by atoms with van der Waals surface area (Å²) in [5.41, 5.74) is 0.536. The van der Waals surface area contributed by atoms with E-state index < -0.39 is 20.0 Å². The smallest absolute Gasteiger partial charge is 0.232 e. The van der Waals surface area contributed by atoms with Crippen molar-refractivity contribution in [3.63, 3.8) is 0 Å². The Hall–Kier alpha value is -1.64. The van der Waals surface area contributed by atoms with Crippen molar-refractivity contribution in [3.8, 4) is 0 Å². The number of benzene rings is 2. The first-order valence-corrected chi connectivity index (χ1v) is 14.2. The van der Waals surface area contributed by atoms with Crippen molar-refractivity contribution in [2.24, 2.45) is 11.3 Å². The van der Waals surface area contributed by atoms with Crippen LogP contribution in [0.2, 0.25) is 10.0 Å². The van der Waals surface area contributed by atoms with Gasteiger partial charge in [0, 0.05) is 29.5 Å². The molecule has 1 aliphatic rings. The van der Waals surface area contributed by atoms with E-state index in [0.29, 0.717) is 40.9 Å². The summed E-state index contributed by atoms with van der Waals surface area (Å²) in [6.07, 6.45) is 0.398. The lowest BCUT2D eigenvalue weighted by Gasteiger charge is -2.33. The zero-order chi connectivity index (χ0) is 26.9. The highest BCUT2D eigenvalue weighted by atomic mass is 35.5. The lowest BCUT2D eigenvalue weighted by atomic mass is 9.93. The van der Waals surface area contributed by atoms with Crippen LogP contribution in [0.25, 0.3) is 0 Å². The van der Waals surface area contributed by atoms with Crippen LogP contribution in [0.15, 0.2) is 47.4 Å². The van der Waals surface area contributed by atoms with Crippen molar-refractivity contribution < 1.29 is 22.7 Å². The van der Waals surface area contributed by atoms with Gasteiger partial charge in [-0.1, -0.05) is 50.0 Å². The molecule has 2 unspecified atom stereocenters. The summed E-state index contributed by atoms with van der Waals surface area (Å²) in [6, 6.07) is 11.3. The van der Waals surface area contributed by atoms with Crippen LogP contribution in [0.5, 0.6) is 0 Å². The molecule has 3 rings (SSSR count). The summed E-state index contributed by atoms with van der Waals surface area (Å²) in [5, 5.41) is 0.790. The maximum Gasteiger partial charge on any atom is 0.232 e. The normalized spacial score (nSPS) is 20.0. The number of ether oxygens (including phenoxy) is 2. The van der Waals surface area contributed by atoms with Crippen molar-refractivity contribution in [2.75, 3.05) is 31.8 Å². The summed E-state index contributed by atoms with van der Waals surface area (Å²) >= 11 is 12.8. The fourth-order valence-electron chi connectivity index (χ4n) is 4.48. The topological polar surface area (TPSA) is 72.9 Å². The summed E-state index contributed by atoms with van der Waals surface area (Å²) in [7, 11) is -2.22. The Balaban J connectivity index is 2.05. The molecule has 1 aliphatic carbocycles. The SMILES string of the molecule is COCCOCC1CC1(c1ccc(N(C(=O)C(C)(C)C)C(C)C)c(Cl)c1)S(=O)(=O)c1ccc(Cl)cc1. The predicted octanol–water partition coefficient (Wildman–Crippen LogP) is 6.13. The zero-order valence-electron chi connectivity index (χ0n) is 21.7. The molecule has 1 saturated carbocycles. The van der Waals surface area contributed by atoms with Gasteiger partial charge in [0.2, 0.25) is 5.91 Å². The van der Waals surface area contributed by atoms with E-state index in [2.05, 4.69) is 0 Å². The van der Waals surface area contributed by atoms with Crippen molar-refractivity contribution >= 4 is 44.6 Å². The Labute approximate surface area is 224 Å². The van der Waals surface area contributed by atoms with E-state index in [1.165, 1.54) is 12.1 Å². The predicted molar refractivity (Wildman–Crippen MR) is 145 cm³/mol. The number of sulfone groups is 1. The molecule has 0 radical (unpaired) electrons. The zero-order valence-corrected chi connectivity index (χ0v) is 24.0. The molecule has 0 aromatic heterocycles. The molecule has 6 nitrogen and oxygen atoms in total. The number of halogens is 2. The number of nitrogens with zero attached hydrogens (tertiary/aromatic N) is 1. The first-order chi connectivity index (χ1) is 16.8. The Kier molecular flexibility index (Phi) is 8.84. The van der Waals surface area contributed by atoms with Crippen molar-refractivity contribution in [1.29, 1.82) is 0 Å². The fraction of sp³-hybridized carbons (Fsp3) is 0.519. The van der Waals surface area contributed by atoms with Gasteiger partial charge >= 0.3 is 0 Å². The number of hydrogen-bond acceptors (Lipinski definition) is 5. The Morgan fingerprint density at radius 2 is 1.75 bits per heavy atom. The average Bonchev–Trinajstić information content (AvgIpc) is 3.53. The first kappa shape index (κ1) is 28.9. The van der Waals surface area contributed by atoms with Gasteiger partial charge in [-0.25, -0.2) is 8.42 Å². The minimum atomic E-state index is -3.80. The van der Waals surface area contributed by atoms with E-state index in [-0.39, 0.29) is 29.4 Å². The number of amides is 1. The lowest BCUT2D eigenvalue weighted by Crippen LogP contribution is -2.44. The van der Waals surface area contributed by atoms with Crippen LogP contribution < -0.4 is 4.90 Å². The molecule has 9 heteroatoms. The largest absolute Gasteiger partial charge is 0.382 e. The lowest BCUT2D eigenvalue weighted by molar-refractivity contribution is -0.126. The highest BCUT2D eigenvalue weighted by Crippen LogP contribution is 2.61. The Bertz CT molecular complexity index is 1190. The summed E-state index contributed by atoms with van der Waals surface area (Å²) < 4.78 is 37.5. The molecule has 2 aromatic rings. The Morgan fingerprint density at radius 3 is 2.28 bits per heavy atom. The molecule has 1 fully saturated rings. The second kappa shape index (κ2) is 11.0. The van der Waals surface area contributed by atoms with Crippen molar-refractivity contribution in [3.05, 3.63) is 58.1 Å². The molecule has 0 heterocycles. The molecule has 0 saturated heterocycles. The quantitative estimate of drug-likeness (QED) is 0.329. The Morgan fingerprint density at radius 1 is 1.11 bits per heavy atom. The number of anilines is 1. The third-order valence-electron chi connectivity index (χ3n) is 6.48. The number of carbonyl (C=O) groups is 1. The molecule has 36 heavy (non-hydrogen) atoms. The van der Waals surface area contributed by atoms with Gasteiger partial charge in [0.15, 0.2) is 9.84 Å². The van der Waals surface area contributed by atoms with E-state index in [1.54, 1.807) is 42.3 Å². The minimum absolute atomic E-state index is 0.0634. The number of methoxy groups -OCH3 is 1. The van der Waals surface area contributed by atoms with Crippen LogP contribution in [0, 0.1) is 11.3 Å². The molecule has 0 bridgehead atoms. The molecule has 198 valence electrons. The molecular formula is C27H35Cl2NO5S. The molecule has 2 atom stereocenters. The van der Waals surface area contributed by atoms with Gasteiger partial charge < -0.3 is 14.4 Å². The van der Waals surface area contributed by atoms with Gasteiger partial charge in [-0.3, -0.25) is 4.79 Å². The number of rotatable bonds is 10. The highest BCUT2D eigenvalue weighted by Gasteiger charge is 2.65. The van der Waals surface area contributed by atoms with Gasteiger partial charge in [-0.15, -0.1) is 0 Å². The molecule has 1 amide bonds. The third-order valence-corrected chi connectivity index (χ3v) is 9.62. The van der Waals surface area contributed by atoms with Gasteiger partial charge in [0.05, 0.1) is 35.4 Å². The second-order valence-corrected chi connectivity index (χ2v) is 13.6. The maximum atomic E-state index is 14.0. The summed E-state index contributed by atoms with van der Waals surface area (Å²) in [4.78, 5) is 15.0. The molecule has 0 aliphatic heterocycles.